The molecule has 0 saturated heterocycles. The molecule has 2 heterocycles. The van der Waals surface area contributed by atoms with Crippen molar-refractivity contribution in [2.24, 2.45) is 4.99 Å². The van der Waals surface area contributed by atoms with Crippen LogP contribution in [0.5, 0.6) is 5.75 Å². The topological polar surface area (TPSA) is 69.9 Å². The summed E-state index contributed by atoms with van der Waals surface area (Å²) in [5.74, 6) is 0.270. The van der Waals surface area contributed by atoms with Gasteiger partial charge >= 0.3 is 5.97 Å². The summed E-state index contributed by atoms with van der Waals surface area (Å²) >= 11 is 1.31. The van der Waals surface area contributed by atoms with Gasteiger partial charge in [0.25, 0.3) is 5.56 Å². The van der Waals surface area contributed by atoms with Crippen LogP contribution in [0, 0.1) is 6.92 Å². The number of aryl methyl sites for hydroxylation is 1. The molecule has 6 nitrogen and oxygen atoms in total. The van der Waals surface area contributed by atoms with Crippen molar-refractivity contribution < 1.29 is 14.3 Å². The summed E-state index contributed by atoms with van der Waals surface area (Å²) in [6.07, 6.45) is 2.78. The van der Waals surface area contributed by atoms with Crippen molar-refractivity contribution in [2.75, 3.05) is 6.61 Å². The van der Waals surface area contributed by atoms with Crippen LogP contribution in [0.2, 0.25) is 0 Å². The minimum absolute atomic E-state index is 0.0575. The number of carbonyl (C=O) groups is 1. The summed E-state index contributed by atoms with van der Waals surface area (Å²) < 4.78 is 13.6. The van der Waals surface area contributed by atoms with Crippen molar-refractivity contribution in [1.82, 2.24) is 4.57 Å². The van der Waals surface area contributed by atoms with Crippen LogP contribution in [0.3, 0.4) is 0 Å². The maximum absolute atomic E-state index is 13.8. The lowest BCUT2D eigenvalue weighted by atomic mass is 9.95. The van der Waals surface area contributed by atoms with Gasteiger partial charge in [-0.3, -0.25) is 9.36 Å². The van der Waals surface area contributed by atoms with E-state index in [0.29, 0.717) is 20.6 Å². The highest BCUT2D eigenvalue weighted by atomic mass is 32.1. The summed E-state index contributed by atoms with van der Waals surface area (Å²) in [5, 5.41) is 0. The Morgan fingerprint density at radius 3 is 2.54 bits per heavy atom. The summed E-state index contributed by atoms with van der Waals surface area (Å²) in [4.78, 5) is 31.9. The monoisotopic (exact) mass is 490 g/mol. The van der Waals surface area contributed by atoms with Crippen molar-refractivity contribution in [3.05, 3.63) is 96.2 Å². The molecule has 7 heteroatoms. The lowest BCUT2D eigenvalue weighted by Gasteiger charge is -2.24. The van der Waals surface area contributed by atoms with Gasteiger partial charge in [-0.1, -0.05) is 66.3 Å². The number of fused-ring (bicyclic) bond motifs is 1. The first-order valence-electron chi connectivity index (χ1n) is 11.9. The fourth-order valence-electron chi connectivity index (χ4n) is 4.00. The maximum atomic E-state index is 13.8. The van der Waals surface area contributed by atoms with E-state index in [2.05, 4.69) is 11.9 Å². The van der Waals surface area contributed by atoms with Gasteiger partial charge in [0.05, 0.1) is 34.6 Å². The summed E-state index contributed by atoms with van der Waals surface area (Å²) in [5.41, 5.74) is 3.49. The third-order valence-corrected chi connectivity index (χ3v) is 7.00. The Labute approximate surface area is 208 Å². The smallest absolute Gasteiger partial charge is 0.338 e. The second-order valence-electron chi connectivity index (χ2n) is 8.59. The molecule has 0 unspecified atom stereocenters. The van der Waals surface area contributed by atoms with E-state index < -0.39 is 12.0 Å². The molecule has 2 aromatic carbocycles. The second-order valence-corrected chi connectivity index (χ2v) is 9.60. The number of carbonyl (C=O) groups excluding carboxylic acids is 1. The summed E-state index contributed by atoms with van der Waals surface area (Å²) in [6.45, 7) is 9.89. The van der Waals surface area contributed by atoms with Crippen LogP contribution in [-0.2, 0) is 9.53 Å². The van der Waals surface area contributed by atoms with Gasteiger partial charge in [-0.05, 0) is 51.8 Å². The Kier molecular flexibility index (Phi) is 7.36. The predicted molar refractivity (Wildman–Crippen MR) is 138 cm³/mol. The summed E-state index contributed by atoms with van der Waals surface area (Å²) in [7, 11) is 0. The molecule has 1 aliphatic rings. The van der Waals surface area contributed by atoms with Crippen LogP contribution >= 0.6 is 11.3 Å². The number of hydrogen-bond acceptors (Lipinski definition) is 6. The van der Waals surface area contributed by atoms with Gasteiger partial charge in [-0.2, -0.15) is 0 Å². The molecule has 4 rings (SSSR count). The molecule has 0 bridgehead atoms. The van der Waals surface area contributed by atoms with Crippen molar-refractivity contribution in [2.45, 2.75) is 53.2 Å². The highest BCUT2D eigenvalue weighted by molar-refractivity contribution is 7.07. The molecule has 1 aromatic heterocycles. The van der Waals surface area contributed by atoms with Gasteiger partial charge in [-0.15, -0.1) is 0 Å². The summed E-state index contributed by atoms with van der Waals surface area (Å²) in [6, 6.07) is 14.9. The zero-order chi connectivity index (χ0) is 25.1. The van der Waals surface area contributed by atoms with Crippen LogP contribution in [0.15, 0.2) is 69.6 Å². The van der Waals surface area contributed by atoms with E-state index in [-0.39, 0.29) is 18.3 Å². The van der Waals surface area contributed by atoms with Crippen LogP contribution < -0.4 is 19.6 Å². The fourth-order valence-corrected chi connectivity index (χ4v) is 5.04. The Morgan fingerprint density at radius 1 is 1.14 bits per heavy atom. The number of ether oxygens (including phenoxy) is 2. The minimum atomic E-state index is -0.611. The van der Waals surface area contributed by atoms with Crippen LogP contribution in [0.1, 0.15) is 56.8 Å². The molecule has 1 aliphatic heterocycles. The number of allylic oxidation sites excluding steroid dienone is 1. The Bertz CT molecular complexity index is 1450. The molecular weight excluding hydrogens is 460 g/mol. The van der Waals surface area contributed by atoms with Crippen LogP contribution in [0.4, 0.5) is 0 Å². The van der Waals surface area contributed by atoms with Crippen LogP contribution in [-0.4, -0.2) is 23.2 Å². The normalized spacial score (nSPS) is 16.5. The molecule has 0 amide bonds. The molecule has 0 spiro atoms. The third kappa shape index (κ3) is 5.00. The van der Waals surface area contributed by atoms with Crippen molar-refractivity contribution in [3.8, 4) is 5.75 Å². The quantitative estimate of drug-likeness (QED) is 0.464. The number of hydrogen-bond donors (Lipinski definition) is 0. The average molecular weight is 491 g/mol. The first-order valence-corrected chi connectivity index (χ1v) is 12.7. The zero-order valence-electron chi connectivity index (χ0n) is 20.7. The molecule has 0 aliphatic carbocycles. The van der Waals surface area contributed by atoms with E-state index in [9.17, 15) is 9.59 Å². The molecule has 35 heavy (non-hydrogen) atoms. The van der Waals surface area contributed by atoms with Crippen LogP contribution in [0.25, 0.3) is 6.08 Å². The number of nitrogens with zero attached hydrogens (tertiary/aromatic N) is 2. The molecule has 0 fully saturated rings. The van der Waals surface area contributed by atoms with Gasteiger partial charge in [0.1, 0.15) is 5.75 Å². The molecule has 0 saturated carbocycles. The fraction of sp³-hybridized carbons (Fsp3) is 0.321. The minimum Gasteiger partial charge on any atom is -0.490 e. The first kappa shape index (κ1) is 24.7. The first-order chi connectivity index (χ1) is 16.8. The van der Waals surface area contributed by atoms with Gasteiger partial charge in [0.15, 0.2) is 4.80 Å². The zero-order valence-corrected chi connectivity index (χ0v) is 21.5. The molecule has 3 aromatic rings. The molecule has 0 N–H and O–H groups in total. The lowest BCUT2D eigenvalue weighted by molar-refractivity contribution is -0.139. The van der Waals surface area contributed by atoms with Gasteiger partial charge in [0, 0.05) is 5.56 Å². The standard InChI is InChI=1S/C28H30N2O4S/c1-6-18(4)34-22-11-9-8-10-21(22)16-23-26(31)30-25(20-14-12-17(3)13-15-20)24(27(32)33-7-2)19(5)29-28(30)35-23/h8-16,18,25H,6-7H2,1-5H3/b23-16-/t18-,25+/m0/s1. The van der Waals surface area contributed by atoms with Crippen molar-refractivity contribution in [1.29, 1.82) is 0 Å². The molecule has 0 radical (unpaired) electrons. The van der Waals surface area contributed by atoms with E-state index >= 15 is 0 Å². The average Bonchev–Trinajstić information content (AvgIpc) is 3.14. The Balaban J connectivity index is 1.91. The van der Waals surface area contributed by atoms with Crippen molar-refractivity contribution >= 4 is 23.4 Å². The molecular formula is C28H30N2O4S. The van der Waals surface area contributed by atoms with E-state index in [1.165, 1.54) is 11.3 Å². The van der Waals surface area contributed by atoms with E-state index in [1.807, 2.05) is 68.5 Å². The predicted octanol–water partition coefficient (Wildman–Crippen LogP) is 4.28. The Hall–Kier alpha value is -3.45. The number of esters is 1. The van der Waals surface area contributed by atoms with E-state index in [1.54, 1.807) is 18.4 Å². The SMILES string of the molecule is CCOC(=O)C1=C(C)N=c2s/c(=C\c3ccccc3O[C@@H](C)CC)c(=O)n2[C@@H]1c1ccc(C)cc1. The van der Waals surface area contributed by atoms with Crippen molar-refractivity contribution in [3.63, 3.8) is 0 Å². The maximum Gasteiger partial charge on any atom is 0.338 e. The van der Waals surface area contributed by atoms with Gasteiger partial charge in [-0.25, -0.2) is 9.79 Å². The highest BCUT2D eigenvalue weighted by Crippen LogP contribution is 2.31. The van der Waals surface area contributed by atoms with Gasteiger partial charge in [0.2, 0.25) is 0 Å². The Morgan fingerprint density at radius 2 is 1.86 bits per heavy atom. The lowest BCUT2D eigenvalue weighted by Crippen LogP contribution is -2.39. The second kappa shape index (κ2) is 10.4. The number of benzene rings is 2. The number of thiazole rings is 1. The highest BCUT2D eigenvalue weighted by Gasteiger charge is 2.33. The van der Waals surface area contributed by atoms with E-state index in [0.717, 1.165) is 28.9 Å². The van der Waals surface area contributed by atoms with Gasteiger partial charge < -0.3 is 9.47 Å². The number of rotatable bonds is 7. The number of aromatic nitrogens is 1. The molecule has 182 valence electrons. The number of para-hydroxylation sites is 1. The largest absolute Gasteiger partial charge is 0.490 e. The molecule has 2 atom stereocenters. The van der Waals surface area contributed by atoms with E-state index in [4.69, 9.17) is 9.47 Å². The third-order valence-electron chi connectivity index (χ3n) is 6.02.